The minimum atomic E-state index is -4.71. The number of para-hydroxylation sites is 2. The number of rotatable bonds is 14. The van der Waals surface area contributed by atoms with Gasteiger partial charge in [-0.15, -0.1) is 0 Å². The quantitative estimate of drug-likeness (QED) is 0.187. The molecular formula is C26H33F3N2O7P2. The van der Waals surface area contributed by atoms with Crippen molar-refractivity contribution in [2.75, 3.05) is 26.4 Å². The summed E-state index contributed by atoms with van der Waals surface area (Å²) in [6.07, 6.45) is -3.78. The van der Waals surface area contributed by atoms with Crippen LogP contribution in [0.5, 0.6) is 5.75 Å². The molecule has 0 atom stereocenters. The number of phenolic OH excluding ortho intramolecular Hbond substituents is 1. The Morgan fingerprint density at radius 1 is 0.850 bits per heavy atom. The van der Waals surface area contributed by atoms with Crippen LogP contribution < -0.4 is 0 Å². The molecule has 0 amide bonds. The van der Waals surface area contributed by atoms with Crippen molar-refractivity contribution in [3.63, 3.8) is 0 Å². The van der Waals surface area contributed by atoms with E-state index in [0.717, 1.165) is 10.7 Å². The van der Waals surface area contributed by atoms with Gasteiger partial charge in [-0.3, -0.25) is 9.13 Å². The van der Waals surface area contributed by atoms with Gasteiger partial charge in [0.15, 0.2) is 5.40 Å². The second kappa shape index (κ2) is 13.5. The zero-order valence-electron chi connectivity index (χ0n) is 22.6. The first-order valence-corrected chi connectivity index (χ1v) is 16.0. The lowest BCUT2D eigenvalue weighted by Crippen LogP contribution is -2.20. The van der Waals surface area contributed by atoms with Crippen molar-refractivity contribution in [2.24, 2.45) is 0 Å². The van der Waals surface area contributed by atoms with Gasteiger partial charge in [0, 0.05) is 17.5 Å². The van der Waals surface area contributed by atoms with Crippen LogP contribution in [0.1, 0.15) is 38.8 Å². The summed E-state index contributed by atoms with van der Waals surface area (Å²) in [7, 11) is -8.38. The number of aromatic hydroxyl groups is 1. The number of aromatic nitrogens is 2. The fourth-order valence-corrected chi connectivity index (χ4v) is 9.61. The smallest absolute Gasteiger partial charge is 0.418 e. The number of hydrogen-bond donors (Lipinski definition) is 1. The molecule has 9 nitrogen and oxygen atoms in total. The van der Waals surface area contributed by atoms with Crippen LogP contribution in [-0.2, 0) is 39.8 Å². The Morgan fingerprint density at radius 3 is 1.85 bits per heavy atom. The lowest BCUT2D eigenvalue weighted by molar-refractivity contribution is -0.137. The van der Waals surface area contributed by atoms with E-state index in [-0.39, 0.29) is 61.1 Å². The minimum Gasteiger partial charge on any atom is -0.507 e. The second-order valence-electron chi connectivity index (χ2n) is 8.40. The van der Waals surface area contributed by atoms with E-state index in [1.165, 1.54) is 36.5 Å². The molecule has 40 heavy (non-hydrogen) atoms. The highest BCUT2D eigenvalue weighted by molar-refractivity contribution is 7.72. The van der Waals surface area contributed by atoms with Crippen LogP contribution in [0.25, 0.3) is 16.9 Å². The maximum Gasteiger partial charge on any atom is 0.418 e. The van der Waals surface area contributed by atoms with Gasteiger partial charge in [0.2, 0.25) is 0 Å². The van der Waals surface area contributed by atoms with Gasteiger partial charge in [-0.05, 0) is 52.0 Å². The van der Waals surface area contributed by atoms with Crippen LogP contribution >= 0.6 is 15.2 Å². The highest BCUT2D eigenvalue weighted by atomic mass is 31.2. The van der Waals surface area contributed by atoms with E-state index in [2.05, 4.69) is 5.10 Å². The molecule has 1 aromatic heterocycles. The highest BCUT2D eigenvalue weighted by Gasteiger charge is 2.51. The van der Waals surface area contributed by atoms with Crippen LogP contribution in [0, 0.1) is 0 Å². The molecule has 0 saturated carbocycles. The van der Waals surface area contributed by atoms with E-state index in [0.29, 0.717) is 0 Å². The summed E-state index contributed by atoms with van der Waals surface area (Å²) in [4.78, 5) is 0. The number of halogens is 3. The zero-order chi connectivity index (χ0) is 29.6. The van der Waals surface area contributed by atoms with Crippen molar-refractivity contribution in [2.45, 2.75) is 45.7 Å². The van der Waals surface area contributed by atoms with Gasteiger partial charge in [0.25, 0.3) is 0 Å². The molecular weight excluding hydrogens is 571 g/mol. The van der Waals surface area contributed by atoms with Crippen molar-refractivity contribution in [1.82, 2.24) is 9.78 Å². The van der Waals surface area contributed by atoms with E-state index >= 15 is 0 Å². The number of phenols is 1. The summed E-state index contributed by atoms with van der Waals surface area (Å²) in [5, 5.41) is 13.5. The Morgan fingerprint density at radius 2 is 1.35 bits per heavy atom. The topological polar surface area (TPSA) is 109 Å². The summed E-state index contributed by atoms with van der Waals surface area (Å²) in [6, 6.07) is 10.9. The molecule has 220 valence electrons. The highest BCUT2D eigenvalue weighted by Crippen LogP contribution is 2.71. The predicted octanol–water partition coefficient (Wildman–Crippen LogP) is 7.66. The number of nitrogens with zero attached hydrogens (tertiary/aromatic N) is 2. The fraction of sp³-hybridized carbons (Fsp3) is 0.423. The minimum absolute atomic E-state index is 0.0451. The van der Waals surface area contributed by atoms with Crippen molar-refractivity contribution in [1.29, 1.82) is 0 Å². The van der Waals surface area contributed by atoms with Crippen LogP contribution in [0.15, 0.2) is 54.7 Å². The van der Waals surface area contributed by atoms with Gasteiger partial charge in [0.05, 0.1) is 49.6 Å². The first kappa shape index (κ1) is 32.1. The molecule has 0 radical (unpaired) electrons. The Balaban J connectivity index is 2.33. The maximum atomic E-state index is 14.1. The van der Waals surface area contributed by atoms with Crippen molar-refractivity contribution >= 4 is 15.2 Å². The molecule has 2 aromatic carbocycles. The van der Waals surface area contributed by atoms with E-state index in [4.69, 9.17) is 18.1 Å². The van der Waals surface area contributed by atoms with Gasteiger partial charge < -0.3 is 23.2 Å². The Hall–Kier alpha value is -2.46. The van der Waals surface area contributed by atoms with E-state index in [1.807, 2.05) is 0 Å². The van der Waals surface area contributed by atoms with E-state index < -0.39 is 32.3 Å². The molecule has 3 rings (SSSR count). The van der Waals surface area contributed by atoms with Gasteiger partial charge in [-0.1, -0.05) is 24.3 Å². The molecule has 1 heterocycles. The Bertz CT molecular complexity index is 1330. The number of hydrogen-bond acceptors (Lipinski definition) is 8. The molecule has 0 fully saturated rings. The monoisotopic (exact) mass is 604 g/mol. The molecule has 0 spiro atoms. The molecule has 1 N–H and O–H groups in total. The Labute approximate surface area is 231 Å². The molecule has 0 saturated heterocycles. The maximum absolute atomic E-state index is 14.1. The molecule has 0 aliphatic carbocycles. The van der Waals surface area contributed by atoms with Crippen molar-refractivity contribution in [3.8, 4) is 22.7 Å². The van der Waals surface area contributed by atoms with E-state index in [9.17, 15) is 27.4 Å². The predicted molar refractivity (Wildman–Crippen MR) is 145 cm³/mol. The van der Waals surface area contributed by atoms with Crippen molar-refractivity contribution < 1.29 is 45.5 Å². The molecule has 0 aliphatic rings. The van der Waals surface area contributed by atoms with Gasteiger partial charge in [-0.2, -0.15) is 18.3 Å². The van der Waals surface area contributed by atoms with Crippen LogP contribution in [0.2, 0.25) is 0 Å². The first-order valence-electron chi connectivity index (χ1n) is 12.7. The normalized spacial score (nSPS) is 12.8. The van der Waals surface area contributed by atoms with Gasteiger partial charge in [0.1, 0.15) is 5.75 Å². The molecule has 14 heteroatoms. The van der Waals surface area contributed by atoms with Crippen LogP contribution in [0.3, 0.4) is 0 Å². The average molecular weight is 604 g/mol. The zero-order valence-corrected chi connectivity index (χ0v) is 24.4. The van der Waals surface area contributed by atoms with E-state index in [1.54, 1.807) is 39.8 Å². The third kappa shape index (κ3) is 6.87. The van der Waals surface area contributed by atoms with Crippen molar-refractivity contribution in [3.05, 3.63) is 65.9 Å². The molecule has 0 bridgehead atoms. The third-order valence-electron chi connectivity index (χ3n) is 5.81. The Kier molecular flexibility index (Phi) is 10.8. The van der Waals surface area contributed by atoms with Crippen LogP contribution in [0.4, 0.5) is 13.2 Å². The molecule has 3 aromatic rings. The SMILES string of the molecule is CCOP(=O)(OCC)C(Cc1cnn(-c2ccccc2C(F)(F)F)c1-c1ccccc1O)P(=O)(OCC)OCC. The lowest BCUT2D eigenvalue weighted by atomic mass is 10.0. The first-order chi connectivity index (χ1) is 19.0. The lowest BCUT2D eigenvalue weighted by Gasteiger charge is -2.31. The standard InChI is InChI=1S/C26H33F3N2O7P2/c1-5-35-39(33,36-6-2)24(40(34,37-7-3)38-8-4)17-19-18-30-31(25(19)20-13-9-12-16-23(20)32)22-15-11-10-14-21(22)26(27,28)29/h9-16,18,24,32H,5-8,17H2,1-4H3. The third-order valence-corrected chi connectivity index (χ3v) is 11.8. The summed E-state index contributed by atoms with van der Waals surface area (Å²) in [6.45, 7) is 6.19. The largest absolute Gasteiger partial charge is 0.507 e. The molecule has 0 unspecified atom stereocenters. The van der Waals surface area contributed by atoms with Gasteiger partial charge in [-0.25, -0.2) is 4.68 Å². The molecule has 0 aliphatic heterocycles. The summed E-state index contributed by atoms with van der Waals surface area (Å²) >= 11 is 0. The fourth-order valence-electron chi connectivity index (χ4n) is 4.31. The average Bonchev–Trinajstić information content (AvgIpc) is 3.31. The number of alkyl halides is 3. The summed E-state index contributed by atoms with van der Waals surface area (Å²) < 4.78 is 93.4. The second-order valence-corrected chi connectivity index (χ2v) is 13.2. The summed E-state index contributed by atoms with van der Waals surface area (Å²) in [5.41, 5.74) is -0.828. The van der Waals surface area contributed by atoms with Crippen LogP contribution in [-0.4, -0.2) is 46.7 Å². The number of benzene rings is 2. The summed E-state index contributed by atoms with van der Waals surface area (Å²) in [5.74, 6) is -0.234. The van der Waals surface area contributed by atoms with Gasteiger partial charge >= 0.3 is 21.4 Å².